The Morgan fingerprint density at radius 1 is 1.14 bits per heavy atom. The van der Waals surface area contributed by atoms with Gasteiger partial charge in [0.25, 0.3) is 0 Å². The highest BCUT2D eigenvalue weighted by Crippen LogP contribution is 2.20. The molecule has 2 aromatic rings. The van der Waals surface area contributed by atoms with E-state index in [9.17, 15) is 4.79 Å². The number of Topliss-reactive ketones (excluding diaryl/α,β-unsaturated/α-hetero) is 1. The van der Waals surface area contributed by atoms with Crippen LogP contribution in [0.3, 0.4) is 0 Å². The van der Waals surface area contributed by atoms with Gasteiger partial charge in [0.05, 0.1) is 0 Å². The maximum atomic E-state index is 12.5. The Kier molecular flexibility index (Phi) is 5.23. The molecule has 2 N–H and O–H groups in total. The van der Waals surface area contributed by atoms with Crippen LogP contribution in [0.15, 0.2) is 48.5 Å². The molecule has 110 valence electrons. The molecule has 0 aromatic heterocycles. The standard InChI is InChI=1S/C17H18ClNO2/c1-2-3-16(21-15-10-8-14(19)9-11-15)17(20)12-4-6-13(18)7-5-12/h4-11,16H,2-3,19H2,1H3. The van der Waals surface area contributed by atoms with Crippen LogP contribution in [0.25, 0.3) is 0 Å². The first-order valence-corrected chi connectivity index (χ1v) is 7.30. The van der Waals surface area contributed by atoms with Crippen molar-refractivity contribution < 1.29 is 9.53 Å². The van der Waals surface area contributed by atoms with E-state index in [1.165, 1.54) is 0 Å². The minimum Gasteiger partial charge on any atom is -0.482 e. The summed E-state index contributed by atoms with van der Waals surface area (Å²) in [5.41, 5.74) is 6.92. The number of carbonyl (C=O) groups excluding carboxylic acids is 1. The molecule has 0 aliphatic carbocycles. The highest BCUT2D eigenvalue weighted by Gasteiger charge is 2.21. The lowest BCUT2D eigenvalue weighted by molar-refractivity contribution is 0.0777. The second-order valence-corrected chi connectivity index (χ2v) is 5.27. The fourth-order valence-corrected chi connectivity index (χ4v) is 2.14. The van der Waals surface area contributed by atoms with Crippen molar-refractivity contribution in [3.63, 3.8) is 0 Å². The number of nitrogens with two attached hydrogens (primary N) is 1. The molecule has 0 spiro atoms. The first-order chi connectivity index (χ1) is 10.1. The zero-order valence-electron chi connectivity index (χ0n) is 11.9. The van der Waals surface area contributed by atoms with E-state index in [1.807, 2.05) is 6.92 Å². The molecule has 0 heterocycles. The Balaban J connectivity index is 2.15. The van der Waals surface area contributed by atoms with Crippen LogP contribution >= 0.6 is 11.6 Å². The van der Waals surface area contributed by atoms with Gasteiger partial charge in [-0.2, -0.15) is 0 Å². The Bertz CT molecular complexity index is 593. The van der Waals surface area contributed by atoms with Crippen LogP contribution < -0.4 is 10.5 Å². The minimum atomic E-state index is -0.500. The molecular weight excluding hydrogens is 286 g/mol. The SMILES string of the molecule is CCCC(Oc1ccc(N)cc1)C(=O)c1ccc(Cl)cc1. The first-order valence-electron chi connectivity index (χ1n) is 6.92. The summed E-state index contributed by atoms with van der Waals surface area (Å²) in [6, 6.07) is 13.9. The zero-order valence-corrected chi connectivity index (χ0v) is 12.6. The smallest absolute Gasteiger partial charge is 0.203 e. The van der Waals surface area contributed by atoms with E-state index in [-0.39, 0.29) is 5.78 Å². The molecule has 0 saturated carbocycles. The van der Waals surface area contributed by atoms with Crippen LogP contribution in [-0.4, -0.2) is 11.9 Å². The van der Waals surface area contributed by atoms with E-state index in [0.717, 1.165) is 6.42 Å². The predicted molar refractivity (Wildman–Crippen MR) is 86.0 cm³/mol. The van der Waals surface area contributed by atoms with E-state index < -0.39 is 6.10 Å². The number of ketones is 1. The van der Waals surface area contributed by atoms with Gasteiger partial charge in [-0.25, -0.2) is 0 Å². The van der Waals surface area contributed by atoms with E-state index in [0.29, 0.717) is 28.4 Å². The van der Waals surface area contributed by atoms with Crippen molar-refractivity contribution in [2.75, 3.05) is 5.73 Å². The molecule has 0 radical (unpaired) electrons. The maximum Gasteiger partial charge on any atom is 0.203 e. The van der Waals surface area contributed by atoms with Crippen molar-refractivity contribution in [1.29, 1.82) is 0 Å². The summed E-state index contributed by atoms with van der Waals surface area (Å²) < 4.78 is 5.82. The molecule has 0 fully saturated rings. The fourth-order valence-electron chi connectivity index (χ4n) is 2.02. The lowest BCUT2D eigenvalue weighted by Crippen LogP contribution is -2.27. The second-order valence-electron chi connectivity index (χ2n) is 4.84. The molecule has 1 atom stereocenters. The summed E-state index contributed by atoms with van der Waals surface area (Å²) in [7, 11) is 0. The summed E-state index contributed by atoms with van der Waals surface area (Å²) in [5, 5.41) is 0.609. The quantitative estimate of drug-likeness (QED) is 0.637. The molecule has 1 unspecified atom stereocenters. The number of rotatable bonds is 6. The Hall–Kier alpha value is -2.00. The molecule has 4 heteroatoms. The Labute approximate surface area is 129 Å². The van der Waals surface area contributed by atoms with Gasteiger partial charge in [-0.05, 0) is 55.0 Å². The van der Waals surface area contributed by atoms with Crippen LogP contribution in [0, 0.1) is 0 Å². The number of anilines is 1. The number of nitrogen functional groups attached to an aromatic ring is 1. The third-order valence-electron chi connectivity index (χ3n) is 3.13. The highest BCUT2D eigenvalue weighted by atomic mass is 35.5. The topological polar surface area (TPSA) is 52.3 Å². The Morgan fingerprint density at radius 3 is 2.33 bits per heavy atom. The van der Waals surface area contributed by atoms with Crippen molar-refractivity contribution in [2.24, 2.45) is 0 Å². The summed E-state index contributed by atoms with van der Waals surface area (Å²) in [5.74, 6) is 0.607. The summed E-state index contributed by atoms with van der Waals surface area (Å²) >= 11 is 5.85. The predicted octanol–water partition coefficient (Wildman–Crippen LogP) is 4.35. The largest absolute Gasteiger partial charge is 0.482 e. The monoisotopic (exact) mass is 303 g/mol. The van der Waals surface area contributed by atoms with Gasteiger partial charge in [0, 0.05) is 16.3 Å². The normalized spacial score (nSPS) is 11.9. The van der Waals surface area contributed by atoms with Crippen LogP contribution in [0.2, 0.25) is 5.02 Å². The zero-order chi connectivity index (χ0) is 15.2. The van der Waals surface area contributed by atoms with Gasteiger partial charge in [-0.3, -0.25) is 4.79 Å². The number of ether oxygens (including phenoxy) is 1. The van der Waals surface area contributed by atoms with E-state index in [4.69, 9.17) is 22.1 Å². The van der Waals surface area contributed by atoms with Crippen LogP contribution in [0.4, 0.5) is 5.69 Å². The van der Waals surface area contributed by atoms with Crippen LogP contribution in [-0.2, 0) is 0 Å². The van der Waals surface area contributed by atoms with Gasteiger partial charge in [-0.15, -0.1) is 0 Å². The average molecular weight is 304 g/mol. The lowest BCUT2D eigenvalue weighted by atomic mass is 10.0. The third kappa shape index (κ3) is 4.23. The molecule has 0 bridgehead atoms. The summed E-state index contributed by atoms with van der Waals surface area (Å²) in [6.45, 7) is 2.02. The highest BCUT2D eigenvalue weighted by molar-refractivity contribution is 6.30. The molecule has 0 amide bonds. The summed E-state index contributed by atoms with van der Waals surface area (Å²) in [4.78, 5) is 12.5. The van der Waals surface area contributed by atoms with Gasteiger partial charge in [0.2, 0.25) is 5.78 Å². The number of benzene rings is 2. The van der Waals surface area contributed by atoms with Crippen molar-refractivity contribution in [3.05, 3.63) is 59.1 Å². The van der Waals surface area contributed by atoms with E-state index in [1.54, 1.807) is 48.5 Å². The lowest BCUT2D eigenvalue weighted by Gasteiger charge is -2.17. The third-order valence-corrected chi connectivity index (χ3v) is 3.38. The molecule has 3 nitrogen and oxygen atoms in total. The number of halogens is 1. The molecule has 2 aromatic carbocycles. The molecule has 2 rings (SSSR count). The van der Waals surface area contributed by atoms with Crippen molar-refractivity contribution in [1.82, 2.24) is 0 Å². The fraction of sp³-hybridized carbons (Fsp3) is 0.235. The maximum absolute atomic E-state index is 12.5. The molecule has 21 heavy (non-hydrogen) atoms. The van der Waals surface area contributed by atoms with Gasteiger partial charge >= 0.3 is 0 Å². The average Bonchev–Trinajstić information content (AvgIpc) is 2.49. The van der Waals surface area contributed by atoms with E-state index >= 15 is 0 Å². The van der Waals surface area contributed by atoms with E-state index in [2.05, 4.69) is 0 Å². The minimum absolute atomic E-state index is 0.0367. The first kappa shape index (κ1) is 15.4. The van der Waals surface area contributed by atoms with Gasteiger partial charge in [0.15, 0.2) is 6.10 Å². The Morgan fingerprint density at radius 2 is 1.76 bits per heavy atom. The van der Waals surface area contributed by atoms with Crippen LogP contribution in [0.5, 0.6) is 5.75 Å². The van der Waals surface area contributed by atoms with Gasteiger partial charge < -0.3 is 10.5 Å². The molecule has 0 saturated heterocycles. The van der Waals surface area contributed by atoms with Crippen molar-refractivity contribution >= 4 is 23.1 Å². The van der Waals surface area contributed by atoms with Gasteiger partial charge in [-0.1, -0.05) is 24.9 Å². The molecule has 0 aliphatic heterocycles. The number of hydrogen-bond donors (Lipinski definition) is 1. The number of hydrogen-bond acceptors (Lipinski definition) is 3. The van der Waals surface area contributed by atoms with Crippen molar-refractivity contribution in [3.8, 4) is 5.75 Å². The summed E-state index contributed by atoms with van der Waals surface area (Å²) in [6.07, 6.45) is 1.02. The second kappa shape index (κ2) is 7.14. The molecular formula is C17H18ClNO2. The van der Waals surface area contributed by atoms with Gasteiger partial charge in [0.1, 0.15) is 5.75 Å². The van der Waals surface area contributed by atoms with Crippen molar-refractivity contribution in [2.45, 2.75) is 25.9 Å². The number of carbonyl (C=O) groups is 1. The molecule has 0 aliphatic rings. The van der Waals surface area contributed by atoms with Crippen LogP contribution in [0.1, 0.15) is 30.1 Å².